The number of benzene rings is 2. The molecule has 1 saturated carbocycles. The zero-order valence-electron chi connectivity index (χ0n) is 18.8. The van der Waals surface area contributed by atoms with Crippen molar-refractivity contribution < 1.29 is 14.3 Å². The first-order valence-corrected chi connectivity index (χ1v) is 11.9. The fraction of sp³-hybridized carbons (Fsp3) is 0.462. The van der Waals surface area contributed by atoms with Gasteiger partial charge in [-0.05, 0) is 56.0 Å². The lowest BCUT2D eigenvalue weighted by molar-refractivity contribution is -0.141. The second kappa shape index (κ2) is 12.5. The van der Waals surface area contributed by atoms with Gasteiger partial charge in [0.25, 0.3) is 0 Å². The average Bonchev–Trinajstić information content (AvgIpc) is 2.82. The Bertz CT molecular complexity index is 851. The molecule has 5 nitrogen and oxygen atoms in total. The molecule has 32 heavy (non-hydrogen) atoms. The zero-order valence-corrected chi connectivity index (χ0v) is 19.5. The molecule has 3 rings (SSSR count). The van der Waals surface area contributed by atoms with E-state index in [1.165, 1.54) is 6.42 Å². The Morgan fingerprint density at radius 3 is 2.44 bits per heavy atom. The quantitative estimate of drug-likeness (QED) is 0.489. The summed E-state index contributed by atoms with van der Waals surface area (Å²) < 4.78 is 5.71. The van der Waals surface area contributed by atoms with Gasteiger partial charge in [-0.25, -0.2) is 0 Å². The van der Waals surface area contributed by atoms with Gasteiger partial charge in [0.2, 0.25) is 11.8 Å². The van der Waals surface area contributed by atoms with Crippen molar-refractivity contribution in [2.24, 2.45) is 0 Å². The van der Waals surface area contributed by atoms with Crippen LogP contribution < -0.4 is 10.1 Å². The molecule has 1 fully saturated rings. The smallest absolute Gasteiger partial charge is 0.242 e. The van der Waals surface area contributed by atoms with Gasteiger partial charge in [-0.15, -0.1) is 0 Å². The molecular weight excluding hydrogens is 424 g/mol. The van der Waals surface area contributed by atoms with Crippen LogP contribution >= 0.6 is 11.6 Å². The second-order valence-corrected chi connectivity index (χ2v) is 8.87. The predicted molar refractivity (Wildman–Crippen MR) is 128 cm³/mol. The van der Waals surface area contributed by atoms with Gasteiger partial charge >= 0.3 is 0 Å². The molecule has 1 atom stereocenters. The number of halogens is 1. The monoisotopic (exact) mass is 456 g/mol. The Labute approximate surface area is 196 Å². The molecule has 0 aromatic heterocycles. The van der Waals surface area contributed by atoms with Crippen LogP contribution in [0, 0.1) is 0 Å². The third-order valence-electron chi connectivity index (χ3n) is 5.93. The number of ether oxygens (including phenoxy) is 1. The molecule has 1 N–H and O–H groups in total. The largest absolute Gasteiger partial charge is 0.494 e. The van der Waals surface area contributed by atoms with E-state index in [2.05, 4.69) is 5.32 Å². The molecule has 0 radical (unpaired) electrons. The van der Waals surface area contributed by atoms with Gasteiger partial charge in [-0.1, -0.05) is 61.2 Å². The van der Waals surface area contributed by atoms with Crippen LogP contribution in [0.15, 0.2) is 54.6 Å². The van der Waals surface area contributed by atoms with Crippen molar-refractivity contribution in [2.45, 2.75) is 70.5 Å². The van der Waals surface area contributed by atoms with Crippen molar-refractivity contribution in [3.05, 3.63) is 65.2 Å². The molecule has 2 aromatic rings. The molecule has 2 amide bonds. The number of carbonyl (C=O) groups is 2. The Balaban J connectivity index is 1.59. The van der Waals surface area contributed by atoms with Crippen molar-refractivity contribution in [1.29, 1.82) is 0 Å². The topological polar surface area (TPSA) is 58.6 Å². The minimum atomic E-state index is -0.546. The zero-order chi connectivity index (χ0) is 22.8. The van der Waals surface area contributed by atoms with Gasteiger partial charge in [-0.3, -0.25) is 9.59 Å². The van der Waals surface area contributed by atoms with Crippen molar-refractivity contribution in [1.82, 2.24) is 10.2 Å². The highest BCUT2D eigenvalue weighted by atomic mass is 35.5. The van der Waals surface area contributed by atoms with Crippen LogP contribution in [0.2, 0.25) is 5.02 Å². The minimum Gasteiger partial charge on any atom is -0.494 e. The highest BCUT2D eigenvalue weighted by Gasteiger charge is 2.27. The van der Waals surface area contributed by atoms with Crippen molar-refractivity contribution in [2.75, 3.05) is 6.61 Å². The molecule has 0 saturated heterocycles. The number of rotatable bonds is 10. The Hall–Kier alpha value is -2.53. The van der Waals surface area contributed by atoms with E-state index in [9.17, 15) is 9.59 Å². The van der Waals surface area contributed by atoms with E-state index in [0.717, 1.165) is 37.0 Å². The van der Waals surface area contributed by atoms with Crippen LogP contribution in [-0.2, 0) is 16.1 Å². The van der Waals surface area contributed by atoms with E-state index in [1.54, 1.807) is 17.0 Å². The minimum absolute atomic E-state index is 0.0529. The third kappa shape index (κ3) is 7.56. The lowest BCUT2D eigenvalue weighted by Gasteiger charge is -2.31. The highest BCUT2D eigenvalue weighted by Crippen LogP contribution is 2.19. The molecule has 0 spiro atoms. The first-order chi connectivity index (χ1) is 15.5. The Morgan fingerprint density at radius 2 is 1.75 bits per heavy atom. The van der Waals surface area contributed by atoms with Crippen LogP contribution in [0.3, 0.4) is 0 Å². The van der Waals surface area contributed by atoms with Gasteiger partial charge < -0.3 is 15.0 Å². The van der Waals surface area contributed by atoms with Gasteiger partial charge in [0.05, 0.1) is 6.61 Å². The summed E-state index contributed by atoms with van der Waals surface area (Å²) in [4.78, 5) is 27.8. The van der Waals surface area contributed by atoms with E-state index in [0.29, 0.717) is 31.0 Å². The number of amides is 2. The number of nitrogens with one attached hydrogen (secondary N) is 1. The van der Waals surface area contributed by atoms with Crippen LogP contribution in [0.25, 0.3) is 0 Å². The van der Waals surface area contributed by atoms with Crippen LogP contribution in [0.4, 0.5) is 0 Å². The van der Waals surface area contributed by atoms with Crippen LogP contribution in [-0.4, -0.2) is 35.4 Å². The van der Waals surface area contributed by atoms with Gasteiger partial charge in [0.1, 0.15) is 11.8 Å². The summed E-state index contributed by atoms with van der Waals surface area (Å²) >= 11 is 6.01. The maximum absolute atomic E-state index is 13.1. The lowest BCUT2D eigenvalue weighted by atomic mass is 9.95. The van der Waals surface area contributed by atoms with E-state index >= 15 is 0 Å². The molecule has 1 unspecified atom stereocenters. The molecule has 0 heterocycles. The Morgan fingerprint density at radius 1 is 1.06 bits per heavy atom. The van der Waals surface area contributed by atoms with Crippen molar-refractivity contribution in [3.8, 4) is 5.75 Å². The summed E-state index contributed by atoms with van der Waals surface area (Å²) in [5, 5.41) is 3.81. The average molecular weight is 457 g/mol. The van der Waals surface area contributed by atoms with E-state index in [-0.39, 0.29) is 17.9 Å². The summed E-state index contributed by atoms with van der Waals surface area (Å²) in [7, 11) is 0. The first-order valence-electron chi connectivity index (χ1n) is 11.5. The number of hydrogen-bond acceptors (Lipinski definition) is 3. The van der Waals surface area contributed by atoms with Crippen LogP contribution in [0.5, 0.6) is 5.75 Å². The molecule has 0 aliphatic heterocycles. The molecule has 172 valence electrons. The summed E-state index contributed by atoms with van der Waals surface area (Å²) in [6, 6.07) is 16.6. The number of para-hydroxylation sites is 1. The van der Waals surface area contributed by atoms with E-state index in [1.807, 2.05) is 49.4 Å². The first kappa shape index (κ1) is 24.1. The molecular formula is C26H33ClN2O3. The van der Waals surface area contributed by atoms with Gasteiger partial charge in [0, 0.05) is 24.0 Å². The van der Waals surface area contributed by atoms with Crippen molar-refractivity contribution in [3.63, 3.8) is 0 Å². The summed E-state index contributed by atoms with van der Waals surface area (Å²) in [6.07, 6.45) is 6.46. The number of carbonyl (C=O) groups excluding carboxylic acids is 2. The van der Waals surface area contributed by atoms with E-state index in [4.69, 9.17) is 16.3 Å². The SMILES string of the molecule is CC(C(=O)NC1CCCCC1)N(Cc1ccc(Cl)cc1)C(=O)CCCOc1ccccc1. The molecule has 0 bridgehead atoms. The lowest BCUT2D eigenvalue weighted by Crippen LogP contribution is -2.50. The maximum atomic E-state index is 13.1. The standard InChI is InChI=1S/C26H33ClN2O3/c1-20(26(31)28-23-9-4-2-5-10-23)29(19-21-14-16-22(27)17-15-21)25(30)13-8-18-32-24-11-6-3-7-12-24/h3,6-7,11-12,14-17,20,23H,2,4-5,8-10,13,18-19H2,1H3,(H,28,31). The maximum Gasteiger partial charge on any atom is 0.242 e. The normalized spacial score (nSPS) is 15.1. The van der Waals surface area contributed by atoms with Gasteiger partial charge in [-0.2, -0.15) is 0 Å². The molecule has 2 aromatic carbocycles. The fourth-order valence-electron chi connectivity index (χ4n) is 4.01. The molecule has 1 aliphatic carbocycles. The summed E-state index contributed by atoms with van der Waals surface area (Å²) in [5.74, 6) is 0.654. The predicted octanol–water partition coefficient (Wildman–Crippen LogP) is 5.37. The molecule has 6 heteroatoms. The third-order valence-corrected chi connectivity index (χ3v) is 6.18. The summed E-state index contributed by atoms with van der Waals surface area (Å²) in [6.45, 7) is 2.63. The molecule has 1 aliphatic rings. The van der Waals surface area contributed by atoms with Crippen molar-refractivity contribution >= 4 is 23.4 Å². The second-order valence-electron chi connectivity index (χ2n) is 8.43. The van der Waals surface area contributed by atoms with Gasteiger partial charge in [0.15, 0.2) is 0 Å². The number of hydrogen-bond donors (Lipinski definition) is 1. The Kier molecular flexibility index (Phi) is 9.42. The number of nitrogens with zero attached hydrogens (tertiary/aromatic N) is 1. The van der Waals surface area contributed by atoms with Crippen LogP contribution in [0.1, 0.15) is 57.4 Å². The highest BCUT2D eigenvalue weighted by molar-refractivity contribution is 6.30. The fourth-order valence-corrected chi connectivity index (χ4v) is 4.14. The summed E-state index contributed by atoms with van der Waals surface area (Å²) in [5.41, 5.74) is 0.945. The van der Waals surface area contributed by atoms with E-state index < -0.39 is 6.04 Å².